The van der Waals surface area contributed by atoms with Crippen molar-refractivity contribution < 1.29 is 9.53 Å². The molecular weight excluding hydrogens is 455 g/mol. The maximum atomic E-state index is 13.4. The number of amides is 1. The molecule has 0 spiro atoms. The lowest BCUT2D eigenvalue weighted by Crippen LogP contribution is -2.45. The van der Waals surface area contributed by atoms with Gasteiger partial charge in [-0.15, -0.1) is 10.2 Å². The van der Waals surface area contributed by atoms with Gasteiger partial charge in [-0.05, 0) is 35.0 Å². The van der Waals surface area contributed by atoms with Crippen molar-refractivity contribution >= 4 is 51.6 Å². The summed E-state index contributed by atoms with van der Waals surface area (Å²) >= 11 is 13.8. The molecule has 0 bridgehead atoms. The molecule has 0 radical (unpaired) electrons. The minimum Gasteiger partial charge on any atom is -0.484 e. The highest BCUT2D eigenvalue weighted by Gasteiger charge is 2.28. The summed E-state index contributed by atoms with van der Waals surface area (Å²) in [6.07, 6.45) is 0. The van der Waals surface area contributed by atoms with Crippen LogP contribution >= 0.6 is 35.0 Å². The lowest BCUT2D eigenvalue weighted by atomic mass is 10.1. The molecule has 1 aliphatic heterocycles. The Kier molecular flexibility index (Phi) is 5.48. The zero-order chi connectivity index (χ0) is 21.4. The van der Waals surface area contributed by atoms with E-state index in [9.17, 15) is 4.79 Å². The topological polar surface area (TPSA) is 60.3 Å². The Bertz CT molecular complexity index is 1290. The van der Waals surface area contributed by atoms with E-state index in [4.69, 9.17) is 27.9 Å². The molecule has 0 atom stereocenters. The smallest absolute Gasteiger partial charge is 0.272 e. The third kappa shape index (κ3) is 3.96. The molecule has 3 aromatic carbocycles. The van der Waals surface area contributed by atoms with Crippen molar-refractivity contribution in [3.8, 4) is 5.75 Å². The number of hydrogen-bond donors (Lipinski definition) is 0. The molecule has 1 aliphatic rings. The zero-order valence-electron chi connectivity index (χ0n) is 16.2. The van der Waals surface area contributed by atoms with Gasteiger partial charge in [-0.25, -0.2) is 9.69 Å². The predicted molar refractivity (Wildman–Crippen MR) is 123 cm³/mol. The van der Waals surface area contributed by atoms with Gasteiger partial charge in [0.2, 0.25) is 5.16 Å². The summed E-state index contributed by atoms with van der Waals surface area (Å²) in [4.78, 5) is 13.4. The van der Waals surface area contributed by atoms with Gasteiger partial charge < -0.3 is 4.74 Å². The standard InChI is InChI=1S/C22H16Cl2N4O2S/c23-17-7-8-18(24)19(12-17)30-13-20-25-26-22-28(20)27(9-10-31-22)21(29)16-6-5-14-3-1-2-4-15(14)11-16/h1-8,11-12H,9-10,13H2. The highest BCUT2D eigenvalue weighted by atomic mass is 35.5. The fourth-order valence-corrected chi connectivity index (χ4v) is 4.64. The molecule has 0 saturated heterocycles. The molecular formula is C22H16Cl2N4O2S. The van der Waals surface area contributed by atoms with Gasteiger partial charge in [0, 0.05) is 22.4 Å². The molecule has 4 aromatic rings. The number of carbonyl (C=O) groups excluding carboxylic acids is 1. The van der Waals surface area contributed by atoms with Crippen molar-refractivity contribution in [2.75, 3.05) is 17.3 Å². The molecule has 1 amide bonds. The van der Waals surface area contributed by atoms with E-state index in [1.165, 1.54) is 0 Å². The summed E-state index contributed by atoms with van der Waals surface area (Å²) in [5.41, 5.74) is 0.606. The Balaban J connectivity index is 1.44. The van der Waals surface area contributed by atoms with E-state index in [0.717, 1.165) is 16.5 Å². The van der Waals surface area contributed by atoms with Gasteiger partial charge in [0.1, 0.15) is 12.4 Å². The Labute approximate surface area is 192 Å². The van der Waals surface area contributed by atoms with E-state index in [-0.39, 0.29) is 12.5 Å². The fraction of sp³-hybridized carbons (Fsp3) is 0.136. The molecule has 0 aliphatic carbocycles. The first-order valence-corrected chi connectivity index (χ1v) is 11.3. The Hall–Kier alpha value is -2.74. The van der Waals surface area contributed by atoms with Crippen molar-refractivity contribution in [2.45, 2.75) is 11.8 Å². The third-order valence-electron chi connectivity index (χ3n) is 4.93. The summed E-state index contributed by atoms with van der Waals surface area (Å²) in [5.74, 6) is 1.57. The predicted octanol–water partition coefficient (Wildman–Crippen LogP) is 5.20. The van der Waals surface area contributed by atoms with Crippen LogP contribution in [0.3, 0.4) is 0 Å². The van der Waals surface area contributed by atoms with Gasteiger partial charge in [-0.1, -0.05) is 65.3 Å². The highest BCUT2D eigenvalue weighted by molar-refractivity contribution is 7.99. The molecule has 0 fully saturated rings. The van der Waals surface area contributed by atoms with Crippen LogP contribution in [0, 0.1) is 0 Å². The zero-order valence-corrected chi connectivity index (χ0v) is 18.5. The number of benzene rings is 3. The van der Waals surface area contributed by atoms with Crippen molar-refractivity contribution in [3.05, 3.63) is 82.1 Å². The van der Waals surface area contributed by atoms with E-state index in [1.807, 2.05) is 42.5 Å². The summed E-state index contributed by atoms with van der Waals surface area (Å²) in [5, 5.41) is 13.8. The number of aromatic nitrogens is 3. The van der Waals surface area contributed by atoms with E-state index < -0.39 is 0 Å². The number of ether oxygens (including phenoxy) is 1. The molecule has 6 nitrogen and oxygen atoms in total. The second-order valence-corrected chi connectivity index (χ2v) is 8.82. The second-order valence-electron chi connectivity index (χ2n) is 6.91. The van der Waals surface area contributed by atoms with E-state index >= 15 is 0 Å². The Morgan fingerprint density at radius 3 is 2.74 bits per heavy atom. The number of hydrogen-bond acceptors (Lipinski definition) is 5. The Morgan fingerprint density at radius 2 is 1.87 bits per heavy atom. The van der Waals surface area contributed by atoms with E-state index in [2.05, 4.69) is 10.2 Å². The lowest BCUT2D eigenvalue weighted by molar-refractivity contribution is 0.0953. The van der Waals surface area contributed by atoms with Gasteiger partial charge >= 0.3 is 0 Å². The summed E-state index contributed by atoms with van der Waals surface area (Å²) < 4.78 is 7.56. The number of halogens is 2. The monoisotopic (exact) mass is 470 g/mol. The average molecular weight is 471 g/mol. The SMILES string of the molecule is O=C(c1ccc2ccccc2c1)N1CCSc2nnc(COc3cc(Cl)ccc3Cl)n21. The first kappa shape index (κ1) is 20.2. The van der Waals surface area contributed by atoms with Gasteiger partial charge in [0.15, 0.2) is 5.82 Å². The number of thioether (sulfide) groups is 1. The number of carbonyl (C=O) groups is 1. The van der Waals surface area contributed by atoms with Crippen molar-refractivity contribution in [1.82, 2.24) is 14.9 Å². The lowest BCUT2D eigenvalue weighted by Gasteiger charge is -2.29. The van der Waals surface area contributed by atoms with Crippen LogP contribution in [0.25, 0.3) is 10.8 Å². The van der Waals surface area contributed by atoms with Crippen LogP contribution in [-0.2, 0) is 6.61 Å². The minimum absolute atomic E-state index is 0.0924. The molecule has 1 aromatic heterocycles. The molecule has 156 valence electrons. The van der Waals surface area contributed by atoms with Crippen LogP contribution < -0.4 is 9.75 Å². The van der Waals surface area contributed by atoms with E-state index in [1.54, 1.807) is 39.6 Å². The first-order valence-electron chi connectivity index (χ1n) is 9.56. The van der Waals surface area contributed by atoms with Crippen LogP contribution in [0.2, 0.25) is 10.0 Å². The number of fused-ring (bicyclic) bond motifs is 2. The molecule has 0 N–H and O–H groups in total. The Morgan fingerprint density at radius 1 is 1.03 bits per heavy atom. The van der Waals surface area contributed by atoms with Gasteiger partial charge in [0.25, 0.3) is 5.91 Å². The van der Waals surface area contributed by atoms with Crippen molar-refractivity contribution in [3.63, 3.8) is 0 Å². The van der Waals surface area contributed by atoms with Crippen LogP contribution in [-0.4, -0.2) is 33.1 Å². The van der Waals surface area contributed by atoms with Gasteiger partial charge in [0.05, 0.1) is 11.6 Å². The molecule has 2 heterocycles. The second kappa shape index (κ2) is 8.42. The van der Waals surface area contributed by atoms with Crippen LogP contribution in [0.15, 0.2) is 65.8 Å². The van der Waals surface area contributed by atoms with E-state index in [0.29, 0.717) is 38.9 Å². The quantitative estimate of drug-likeness (QED) is 0.410. The highest BCUT2D eigenvalue weighted by Crippen LogP contribution is 2.29. The fourth-order valence-electron chi connectivity index (χ4n) is 3.44. The third-order valence-corrected chi connectivity index (χ3v) is 6.38. The summed E-state index contributed by atoms with van der Waals surface area (Å²) in [6.45, 7) is 0.626. The van der Waals surface area contributed by atoms with Gasteiger partial charge in [-0.2, -0.15) is 0 Å². The first-order chi connectivity index (χ1) is 15.1. The van der Waals surface area contributed by atoms with Crippen molar-refractivity contribution in [1.29, 1.82) is 0 Å². The van der Waals surface area contributed by atoms with Crippen LogP contribution in [0.1, 0.15) is 16.2 Å². The molecule has 0 unspecified atom stereocenters. The molecule has 5 rings (SSSR count). The largest absolute Gasteiger partial charge is 0.484 e. The molecule has 31 heavy (non-hydrogen) atoms. The summed E-state index contributed by atoms with van der Waals surface area (Å²) in [7, 11) is 0. The maximum Gasteiger partial charge on any atom is 0.272 e. The maximum absolute atomic E-state index is 13.4. The molecule has 0 saturated carbocycles. The normalized spacial score (nSPS) is 13.3. The average Bonchev–Trinajstić information content (AvgIpc) is 3.22. The van der Waals surface area contributed by atoms with Crippen LogP contribution in [0.4, 0.5) is 0 Å². The minimum atomic E-state index is -0.117. The molecule has 9 heteroatoms. The van der Waals surface area contributed by atoms with Gasteiger partial charge in [-0.3, -0.25) is 4.79 Å². The number of nitrogens with zero attached hydrogens (tertiary/aromatic N) is 4. The van der Waals surface area contributed by atoms with Crippen molar-refractivity contribution in [2.24, 2.45) is 0 Å². The summed E-state index contributed by atoms with van der Waals surface area (Å²) in [6, 6.07) is 18.7. The van der Waals surface area contributed by atoms with Crippen LogP contribution in [0.5, 0.6) is 5.75 Å². The number of rotatable bonds is 4.